The van der Waals surface area contributed by atoms with Crippen molar-refractivity contribution in [3.63, 3.8) is 0 Å². The number of hydrogen-bond donors (Lipinski definition) is 0. The van der Waals surface area contributed by atoms with E-state index in [-0.39, 0.29) is 5.41 Å². The van der Waals surface area contributed by atoms with E-state index in [0.717, 1.165) is 12.8 Å². The van der Waals surface area contributed by atoms with E-state index in [2.05, 4.69) is 123 Å². The van der Waals surface area contributed by atoms with Crippen LogP contribution >= 0.6 is 0 Å². The van der Waals surface area contributed by atoms with Crippen molar-refractivity contribution in [2.75, 3.05) is 11.9 Å². The van der Waals surface area contributed by atoms with Crippen LogP contribution in [0.25, 0.3) is 0 Å². The van der Waals surface area contributed by atoms with Gasteiger partial charge in [-0.2, -0.15) is 0 Å². The van der Waals surface area contributed by atoms with Crippen molar-refractivity contribution < 1.29 is 0 Å². The molecular formula is C28H29N. The van der Waals surface area contributed by atoms with Crippen molar-refractivity contribution in [1.29, 1.82) is 0 Å². The molecule has 29 heavy (non-hydrogen) atoms. The second kappa shape index (κ2) is 8.13. The van der Waals surface area contributed by atoms with E-state index >= 15 is 0 Å². The molecule has 0 saturated heterocycles. The van der Waals surface area contributed by atoms with Crippen molar-refractivity contribution in [2.45, 2.75) is 32.1 Å². The monoisotopic (exact) mass is 379 g/mol. The Labute approximate surface area is 175 Å². The van der Waals surface area contributed by atoms with Crippen LogP contribution in [0, 0.1) is 0 Å². The molecular weight excluding hydrogens is 350 g/mol. The van der Waals surface area contributed by atoms with Crippen molar-refractivity contribution in [3.8, 4) is 0 Å². The van der Waals surface area contributed by atoms with Crippen LogP contribution in [0.5, 0.6) is 0 Å². The molecule has 1 aliphatic heterocycles. The Bertz CT molecular complexity index is 1030. The van der Waals surface area contributed by atoms with Gasteiger partial charge in [0, 0.05) is 18.4 Å². The summed E-state index contributed by atoms with van der Waals surface area (Å²) in [4.78, 5) is 2.33. The zero-order valence-corrected chi connectivity index (χ0v) is 17.6. The molecule has 1 atom stereocenters. The molecule has 146 valence electrons. The molecule has 4 rings (SSSR count). The molecule has 2 aromatic carbocycles. The lowest BCUT2D eigenvalue weighted by atomic mass is 9.60. The minimum Gasteiger partial charge on any atom is -0.344 e. The molecule has 0 radical (unpaired) electrons. The molecule has 0 saturated carbocycles. The zero-order valence-electron chi connectivity index (χ0n) is 17.6. The molecule has 0 fully saturated rings. The van der Waals surface area contributed by atoms with Gasteiger partial charge >= 0.3 is 0 Å². The molecule has 1 unspecified atom stereocenters. The van der Waals surface area contributed by atoms with Gasteiger partial charge in [0.1, 0.15) is 0 Å². The van der Waals surface area contributed by atoms with Crippen LogP contribution in [-0.2, 0) is 5.41 Å². The summed E-state index contributed by atoms with van der Waals surface area (Å²) < 4.78 is 0. The topological polar surface area (TPSA) is 3.24 Å². The molecule has 0 aromatic heterocycles. The lowest BCUT2D eigenvalue weighted by molar-refractivity contribution is 0.701. The highest BCUT2D eigenvalue weighted by Gasteiger charge is 2.46. The molecule has 1 heterocycles. The van der Waals surface area contributed by atoms with E-state index in [4.69, 9.17) is 0 Å². The second-order valence-electron chi connectivity index (χ2n) is 7.63. The molecule has 2 aromatic rings. The molecule has 0 spiro atoms. The number of para-hydroxylation sites is 1. The van der Waals surface area contributed by atoms with Gasteiger partial charge in [0.25, 0.3) is 0 Å². The minimum atomic E-state index is -0.331. The van der Waals surface area contributed by atoms with E-state index in [1.807, 2.05) is 0 Å². The van der Waals surface area contributed by atoms with Gasteiger partial charge in [-0.25, -0.2) is 0 Å². The number of likely N-dealkylation sites (N-methyl/N-ethyl adjacent to an activating group) is 1. The third-order valence-corrected chi connectivity index (χ3v) is 6.00. The number of anilines is 1. The Morgan fingerprint density at radius 2 is 1.59 bits per heavy atom. The highest BCUT2D eigenvalue weighted by molar-refractivity contribution is 5.78. The van der Waals surface area contributed by atoms with Gasteiger partial charge in [0.2, 0.25) is 0 Å². The number of nitrogens with zero attached hydrogens (tertiary/aromatic N) is 1. The molecule has 1 nitrogen and oxygen atoms in total. The number of fused-ring (bicyclic) bond motifs is 1. The third-order valence-electron chi connectivity index (χ3n) is 6.00. The molecule has 0 amide bonds. The maximum Gasteiger partial charge on any atom is 0.0738 e. The first kappa shape index (κ1) is 19.3. The smallest absolute Gasteiger partial charge is 0.0738 e. The molecule has 1 aliphatic carbocycles. The van der Waals surface area contributed by atoms with Crippen LogP contribution in [-0.4, -0.2) is 7.05 Å². The predicted molar refractivity (Wildman–Crippen MR) is 125 cm³/mol. The number of allylic oxidation sites excluding steroid dienone is 9. The van der Waals surface area contributed by atoms with Crippen molar-refractivity contribution in [3.05, 3.63) is 125 Å². The molecule has 2 aliphatic rings. The Morgan fingerprint density at radius 1 is 0.862 bits per heavy atom. The van der Waals surface area contributed by atoms with E-state index in [9.17, 15) is 0 Å². The summed E-state index contributed by atoms with van der Waals surface area (Å²) in [6.45, 7) is 4.21. The fourth-order valence-corrected chi connectivity index (χ4v) is 4.84. The van der Waals surface area contributed by atoms with E-state index in [1.165, 1.54) is 33.7 Å². The van der Waals surface area contributed by atoms with E-state index in [1.54, 1.807) is 0 Å². The molecule has 1 heteroatoms. The zero-order chi connectivity index (χ0) is 20.3. The standard InChI is InChI=1S/C28H29N/c1-4-14-24-26(15-5-2)29(3)27-21-13-12-20-25(27)28(24,22-16-8-6-9-17-22)23-18-10-7-11-19-23/h4-6,8-10,12-21H,7,11H2,1-3H3/b14-4-,15-5-. The lowest BCUT2D eigenvalue weighted by Crippen LogP contribution is -2.40. The maximum atomic E-state index is 2.44. The summed E-state index contributed by atoms with van der Waals surface area (Å²) in [5.41, 5.74) is 7.52. The fourth-order valence-electron chi connectivity index (χ4n) is 4.84. The summed E-state index contributed by atoms with van der Waals surface area (Å²) in [6.07, 6.45) is 18.2. The Kier molecular flexibility index (Phi) is 5.40. The van der Waals surface area contributed by atoms with Crippen molar-refractivity contribution >= 4 is 5.69 Å². The fraction of sp³-hybridized carbons (Fsp3) is 0.214. The summed E-state index contributed by atoms with van der Waals surface area (Å²) in [7, 11) is 2.18. The summed E-state index contributed by atoms with van der Waals surface area (Å²) in [5, 5.41) is 0. The Balaban J connectivity index is 2.20. The minimum absolute atomic E-state index is 0.331. The largest absolute Gasteiger partial charge is 0.344 e. The third kappa shape index (κ3) is 3.02. The van der Waals surface area contributed by atoms with Gasteiger partial charge in [-0.05, 0) is 61.1 Å². The Hall–Kier alpha value is -3.06. The van der Waals surface area contributed by atoms with Gasteiger partial charge in [0.05, 0.1) is 5.41 Å². The van der Waals surface area contributed by atoms with Crippen LogP contribution in [0.2, 0.25) is 0 Å². The van der Waals surface area contributed by atoms with Crippen LogP contribution in [0.1, 0.15) is 37.8 Å². The van der Waals surface area contributed by atoms with Gasteiger partial charge in [-0.15, -0.1) is 0 Å². The predicted octanol–water partition coefficient (Wildman–Crippen LogP) is 7.11. The van der Waals surface area contributed by atoms with Crippen molar-refractivity contribution in [1.82, 2.24) is 0 Å². The highest BCUT2D eigenvalue weighted by atomic mass is 15.1. The van der Waals surface area contributed by atoms with E-state index in [0.29, 0.717) is 0 Å². The first-order chi connectivity index (χ1) is 14.2. The van der Waals surface area contributed by atoms with Gasteiger partial charge in [-0.1, -0.05) is 85.0 Å². The summed E-state index contributed by atoms with van der Waals surface area (Å²) >= 11 is 0. The quantitative estimate of drug-likeness (QED) is 0.547. The lowest BCUT2D eigenvalue weighted by Gasteiger charge is -2.46. The second-order valence-corrected chi connectivity index (χ2v) is 7.63. The molecule has 0 bridgehead atoms. The van der Waals surface area contributed by atoms with Gasteiger partial charge in [0.15, 0.2) is 0 Å². The van der Waals surface area contributed by atoms with Crippen molar-refractivity contribution in [2.24, 2.45) is 0 Å². The SMILES string of the molecule is C/C=C\C1=C(/C=C\C)C(C2=CCCC=C2)(c2ccccc2)c2ccccc2N1C. The average molecular weight is 380 g/mol. The van der Waals surface area contributed by atoms with Crippen LogP contribution in [0.15, 0.2) is 114 Å². The number of rotatable bonds is 4. The van der Waals surface area contributed by atoms with Crippen LogP contribution in [0.3, 0.4) is 0 Å². The summed E-state index contributed by atoms with van der Waals surface area (Å²) in [6, 6.07) is 19.9. The maximum absolute atomic E-state index is 2.44. The van der Waals surface area contributed by atoms with Crippen LogP contribution < -0.4 is 4.90 Å². The first-order valence-corrected chi connectivity index (χ1v) is 10.5. The normalized spacial score (nSPS) is 21.8. The summed E-state index contributed by atoms with van der Waals surface area (Å²) in [5.74, 6) is 0. The highest BCUT2D eigenvalue weighted by Crippen LogP contribution is 2.54. The average Bonchev–Trinajstić information content (AvgIpc) is 2.78. The van der Waals surface area contributed by atoms with E-state index < -0.39 is 0 Å². The van der Waals surface area contributed by atoms with Gasteiger partial charge < -0.3 is 4.90 Å². The number of hydrogen-bond acceptors (Lipinski definition) is 1. The van der Waals surface area contributed by atoms with Crippen LogP contribution in [0.4, 0.5) is 5.69 Å². The Morgan fingerprint density at radius 3 is 2.28 bits per heavy atom. The van der Waals surface area contributed by atoms with Gasteiger partial charge in [-0.3, -0.25) is 0 Å². The molecule has 0 N–H and O–H groups in total. The first-order valence-electron chi connectivity index (χ1n) is 10.5. The number of benzene rings is 2.